The van der Waals surface area contributed by atoms with Crippen LogP contribution in [0.1, 0.15) is 0 Å². The molecule has 276 valence electrons. The smallest absolute Gasteiger partial charge is 0.0619 e. The number of anilines is 3. The molecule has 0 fully saturated rings. The predicted molar refractivity (Wildman–Crippen MR) is 250 cm³/mol. The van der Waals surface area contributed by atoms with E-state index in [4.69, 9.17) is 0 Å². The standard InChI is InChI=1S/C56H37N3/c1-2-21-41(22-3-1)59-55-32-13-10-27-49(55)50-29-16-28-46(56(50)59)40-35-42(37-43(36-40)58-53-30-11-8-25-47(53)48-26-9-12-31-54(48)58)57(51-33-14-19-38-17-4-6-23-44(38)51)52-34-15-20-39-18-5-7-24-45(39)52/h1-37H. The number of hydrogen-bond acceptors (Lipinski definition) is 1. The Morgan fingerprint density at radius 3 is 1.37 bits per heavy atom. The maximum atomic E-state index is 2.48. The van der Waals surface area contributed by atoms with Gasteiger partial charge in [-0.15, -0.1) is 0 Å². The molecule has 12 rings (SSSR count). The van der Waals surface area contributed by atoms with Crippen LogP contribution in [-0.4, -0.2) is 9.13 Å². The highest BCUT2D eigenvalue weighted by Gasteiger charge is 2.23. The Hall–Kier alpha value is -7.88. The molecule has 0 bridgehead atoms. The minimum Gasteiger partial charge on any atom is -0.309 e. The van der Waals surface area contributed by atoms with Crippen LogP contribution in [0.4, 0.5) is 17.1 Å². The van der Waals surface area contributed by atoms with E-state index < -0.39 is 0 Å². The largest absolute Gasteiger partial charge is 0.309 e. The van der Waals surface area contributed by atoms with Crippen molar-refractivity contribution >= 4 is 82.2 Å². The van der Waals surface area contributed by atoms with Crippen molar-refractivity contribution in [1.82, 2.24) is 9.13 Å². The highest BCUT2D eigenvalue weighted by Crippen LogP contribution is 2.46. The molecular weight excluding hydrogens is 715 g/mol. The van der Waals surface area contributed by atoms with Gasteiger partial charge in [0, 0.05) is 54.9 Å². The molecule has 0 atom stereocenters. The molecule has 10 aromatic carbocycles. The van der Waals surface area contributed by atoms with E-state index in [1.165, 1.54) is 70.7 Å². The number of nitrogens with zero attached hydrogens (tertiary/aromatic N) is 3. The summed E-state index contributed by atoms with van der Waals surface area (Å²) in [4.78, 5) is 2.48. The molecule has 3 heteroatoms. The third kappa shape index (κ3) is 5.22. The van der Waals surface area contributed by atoms with Gasteiger partial charge in [0.1, 0.15) is 0 Å². The molecular formula is C56H37N3. The monoisotopic (exact) mass is 751 g/mol. The van der Waals surface area contributed by atoms with Gasteiger partial charge in [0.2, 0.25) is 0 Å². The van der Waals surface area contributed by atoms with E-state index in [-0.39, 0.29) is 0 Å². The number of para-hydroxylation sites is 5. The molecule has 12 aromatic rings. The van der Waals surface area contributed by atoms with Gasteiger partial charge >= 0.3 is 0 Å². The first-order valence-corrected chi connectivity index (χ1v) is 20.3. The molecule has 0 saturated heterocycles. The van der Waals surface area contributed by atoms with E-state index in [0.29, 0.717) is 0 Å². The Labute approximate surface area is 341 Å². The molecule has 0 amide bonds. The molecule has 0 unspecified atom stereocenters. The summed E-state index contributed by atoms with van der Waals surface area (Å²) in [6.45, 7) is 0. The van der Waals surface area contributed by atoms with Crippen LogP contribution >= 0.6 is 0 Å². The third-order valence-corrected chi connectivity index (χ3v) is 12.0. The minimum atomic E-state index is 1.08. The van der Waals surface area contributed by atoms with Gasteiger partial charge in [0.05, 0.1) is 33.4 Å². The van der Waals surface area contributed by atoms with Crippen LogP contribution in [0.3, 0.4) is 0 Å². The maximum absolute atomic E-state index is 2.48. The first-order valence-electron chi connectivity index (χ1n) is 20.3. The predicted octanol–water partition coefficient (Wildman–Crippen LogP) is 15.3. The fraction of sp³-hybridized carbons (Fsp3) is 0. The molecule has 0 N–H and O–H groups in total. The zero-order valence-electron chi connectivity index (χ0n) is 32.2. The molecule has 59 heavy (non-hydrogen) atoms. The van der Waals surface area contributed by atoms with E-state index in [2.05, 4.69) is 238 Å². The van der Waals surface area contributed by atoms with Crippen molar-refractivity contribution in [3.63, 3.8) is 0 Å². The third-order valence-electron chi connectivity index (χ3n) is 12.0. The van der Waals surface area contributed by atoms with E-state index in [1.807, 2.05) is 0 Å². The summed E-state index contributed by atoms with van der Waals surface area (Å²) in [6.07, 6.45) is 0. The summed E-state index contributed by atoms with van der Waals surface area (Å²) < 4.78 is 4.90. The van der Waals surface area contributed by atoms with Crippen LogP contribution < -0.4 is 4.90 Å². The number of rotatable bonds is 6. The molecule has 0 aliphatic carbocycles. The first kappa shape index (κ1) is 33.3. The topological polar surface area (TPSA) is 13.1 Å². The maximum Gasteiger partial charge on any atom is 0.0619 e. The summed E-state index contributed by atoms with van der Waals surface area (Å²) in [7, 11) is 0. The summed E-state index contributed by atoms with van der Waals surface area (Å²) in [5, 5.41) is 9.72. The lowest BCUT2D eigenvalue weighted by atomic mass is 9.98. The number of fused-ring (bicyclic) bond motifs is 8. The lowest BCUT2D eigenvalue weighted by molar-refractivity contribution is 1.17. The zero-order chi connectivity index (χ0) is 38.9. The Kier molecular flexibility index (Phi) is 7.54. The SMILES string of the molecule is c1ccc(-n2c3ccccc3c3cccc(-c4cc(N(c5cccc6ccccc56)c5cccc6ccccc56)cc(-n5c6ccccc6c6ccccc65)c4)c32)cc1. The van der Waals surface area contributed by atoms with Gasteiger partial charge in [-0.25, -0.2) is 0 Å². The molecule has 0 aliphatic heterocycles. The van der Waals surface area contributed by atoms with E-state index in [0.717, 1.165) is 34.0 Å². The molecule has 0 saturated carbocycles. The minimum absolute atomic E-state index is 1.08. The van der Waals surface area contributed by atoms with Crippen molar-refractivity contribution in [2.45, 2.75) is 0 Å². The van der Waals surface area contributed by atoms with Gasteiger partial charge in [-0.05, 0) is 77.0 Å². The highest BCUT2D eigenvalue weighted by atomic mass is 15.1. The van der Waals surface area contributed by atoms with Crippen LogP contribution in [0.15, 0.2) is 224 Å². The fourth-order valence-electron chi connectivity index (χ4n) is 9.52. The van der Waals surface area contributed by atoms with Gasteiger partial charge < -0.3 is 14.0 Å². The van der Waals surface area contributed by atoms with Crippen LogP contribution in [0.25, 0.3) is 87.7 Å². The molecule has 2 aromatic heterocycles. The first-order chi connectivity index (χ1) is 29.3. The van der Waals surface area contributed by atoms with Gasteiger partial charge in [0.25, 0.3) is 0 Å². The normalized spacial score (nSPS) is 11.7. The lowest BCUT2D eigenvalue weighted by Crippen LogP contribution is -2.12. The van der Waals surface area contributed by atoms with Crippen molar-refractivity contribution in [3.8, 4) is 22.5 Å². The summed E-state index contributed by atoms with van der Waals surface area (Å²) in [5.74, 6) is 0. The Bertz CT molecular complexity index is 3430. The van der Waals surface area contributed by atoms with Crippen LogP contribution in [-0.2, 0) is 0 Å². The second kappa shape index (κ2) is 13.4. The van der Waals surface area contributed by atoms with Crippen LogP contribution in [0.2, 0.25) is 0 Å². The van der Waals surface area contributed by atoms with Crippen LogP contribution in [0, 0.1) is 0 Å². The average molecular weight is 752 g/mol. The number of hydrogen-bond donors (Lipinski definition) is 0. The van der Waals surface area contributed by atoms with E-state index in [9.17, 15) is 0 Å². The van der Waals surface area contributed by atoms with E-state index >= 15 is 0 Å². The molecule has 0 aliphatic rings. The Morgan fingerprint density at radius 1 is 0.305 bits per heavy atom. The van der Waals surface area contributed by atoms with Crippen molar-refractivity contribution in [3.05, 3.63) is 224 Å². The van der Waals surface area contributed by atoms with Crippen molar-refractivity contribution in [2.24, 2.45) is 0 Å². The molecule has 3 nitrogen and oxygen atoms in total. The molecule has 2 heterocycles. The average Bonchev–Trinajstić information content (AvgIpc) is 3.83. The zero-order valence-corrected chi connectivity index (χ0v) is 32.2. The van der Waals surface area contributed by atoms with Gasteiger partial charge in [-0.3, -0.25) is 0 Å². The summed E-state index contributed by atoms with van der Waals surface area (Å²) in [6, 6.07) is 82.0. The van der Waals surface area contributed by atoms with Crippen molar-refractivity contribution in [2.75, 3.05) is 4.90 Å². The van der Waals surface area contributed by atoms with Gasteiger partial charge in [-0.1, -0.05) is 164 Å². The van der Waals surface area contributed by atoms with Crippen molar-refractivity contribution in [1.29, 1.82) is 0 Å². The Morgan fingerprint density at radius 2 is 0.763 bits per heavy atom. The number of aromatic nitrogens is 2. The quantitative estimate of drug-likeness (QED) is 0.165. The second-order valence-electron chi connectivity index (χ2n) is 15.3. The van der Waals surface area contributed by atoms with Gasteiger partial charge in [-0.2, -0.15) is 0 Å². The Balaban J connectivity index is 1.24. The van der Waals surface area contributed by atoms with Gasteiger partial charge in [0.15, 0.2) is 0 Å². The van der Waals surface area contributed by atoms with Crippen LogP contribution in [0.5, 0.6) is 0 Å². The second-order valence-corrected chi connectivity index (χ2v) is 15.3. The van der Waals surface area contributed by atoms with E-state index in [1.54, 1.807) is 0 Å². The lowest BCUT2D eigenvalue weighted by Gasteiger charge is -2.29. The molecule has 0 radical (unpaired) electrons. The van der Waals surface area contributed by atoms with Crippen molar-refractivity contribution < 1.29 is 0 Å². The summed E-state index contributed by atoms with van der Waals surface area (Å²) >= 11 is 0. The highest BCUT2D eigenvalue weighted by molar-refractivity contribution is 6.15. The molecule has 0 spiro atoms. The fourth-order valence-corrected chi connectivity index (χ4v) is 9.52. The number of benzene rings is 10. The summed E-state index contributed by atoms with van der Waals surface area (Å²) in [5.41, 5.74) is 12.6.